The fourth-order valence-electron chi connectivity index (χ4n) is 3.10. The van der Waals surface area contributed by atoms with Crippen molar-refractivity contribution in [3.8, 4) is 17.2 Å². The second kappa shape index (κ2) is 9.01. The number of hydrogen-bond donors (Lipinski definition) is 3. The Bertz CT molecular complexity index is 966. The number of halogens is 1. The number of carbonyl (C=O) groups excluding carboxylic acids is 2. The molecule has 0 saturated carbocycles. The third-order valence-corrected chi connectivity index (χ3v) is 5.02. The van der Waals surface area contributed by atoms with Gasteiger partial charge in [-0.25, -0.2) is 0 Å². The molecule has 0 aliphatic heterocycles. The van der Waals surface area contributed by atoms with Crippen molar-refractivity contribution in [2.24, 2.45) is 0 Å². The van der Waals surface area contributed by atoms with Gasteiger partial charge in [0, 0.05) is 5.69 Å². The first-order valence-electron chi connectivity index (χ1n) is 9.48. The monoisotopic (exact) mass is 415 g/mol. The van der Waals surface area contributed by atoms with Crippen LogP contribution in [0.3, 0.4) is 0 Å². The number of fused-ring (bicyclic) bond motifs is 1. The Morgan fingerprint density at radius 2 is 1.55 bits per heavy atom. The van der Waals surface area contributed by atoms with Crippen molar-refractivity contribution in [3.63, 3.8) is 0 Å². The molecule has 0 amide bonds. The van der Waals surface area contributed by atoms with Gasteiger partial charge in [0.25, 0.3) is 0 Å². The molecule has 7 heteroatoms. The van der Waals surface area contributed by atoms with Crippen molar-refractivity contribution in [2.45, 2.75) is 32.6 Å². The van der Waals surface area contributed by atoms with E-state index in [1.54, 1.807) is 24.3 Å². The first kappa shape index (κ1) is 20.7. The number of phenolic OH excluding ortho intramolecular Hbond substituents is 2. The van der Waals surface area contributed by atoms with Gasteiger partial charge < -0.3 is 20.3 Å². The zero-order chi connectivity index (χ0) is 21.0. The van der Waals surface area contributed by atoms with Gasteiger partial charge >= 0.3 is 0 Å². The molecule has 1 aliphatic rings. The molecule has 152 valence electrons. The molecule has 6 nitrogen and oxygen atoms in total. The quantitative estimate of drug-likeness (QED) is 0.304. The zero-order valence-electron chi connectivity index (χ0n) is 16.0. The minimum atomic E-state index is -0.596. The molecule has 3 rings (SSSR count). The molecule has 2 aromatic carbocycles. The van der Waals surface area contributed by atoms with E-state index in [0.29, 0.717) is 18.0 Å². The highest BCUT2D eigenvalue weighted by Gasteiger charge is 2.31. The van der Waals surface area contributed by atoms with Crippen LogP contribution in [0.5, 0.6) is 17.2 Å². The number of rotatable bonds is 8. The van der Waals surface area contributed by atoms with Gasteiger partial charge in [0.1, 0.15) is 22.2 Å². The van der Waals surface area contributed by atoms with E-state index in [9.17, 15) is 19.8 Å². The van der Waals surface area contributed by atoms with E-state index in [-0.39, 0.29) is 21.8 Å². The topological polar surface area (TPSA) is 95.9 Å². The van der Waals surface area contributed by atoms with E-state index in [1.807, 2.05) is 0 Å². The molecule has 0 aromatic heterocycles. The molecule has 2 aromatic rings. The summed E-state index contributed by atoms with van der Waals surface area (Å²) in [5, 5.41) is 23.5. The van der Waals surface area contributed by atoms with Crippen LogP contribution in [0.4, 0.5) is 11.4 Å². The Labute approximate surface area is 173 Å². The molecule has 0 fully saturated rings. The van der Waals surface area contributed by atoms with E-state index in [4.69, 9.17) is 16.3 Å². The lowest BCUT2D eigenvalue weighted by Crippen LogP contribution is -2.13. The van der Waals surface area contributed by atoms with Crippen LogP contribution in [-0.2, 0) is 0 Å². The van der Waals surface area contributed by atoms with Crippen LogP contribution in [0.15, 0.2) is 36.4 Å². The molecule has 0 bridgehead atoms. The third kappa shape index (κ3) is 4.38. The second-order valence-electron chi connectivity index (χ2n) is 6.76. The molecule has 3 N–H and O–H groups in total. The lowest BCUT2D eigenvalue weighted by molar-refractivity contribution is 0.0989. The first-order chi connectivity index (χ1) is 13.9. The smallest absolute Gasteiger partial charge is 0.190 e. The molecule has 0 unspecified atom stereocenters. The number of unbranched alkanes of at least 4 members (excludes halogenated alkanes) is 3. The summed E-state index contributed by atoms with van der Waals surface area (Å²) in [7, 11) is 0. The number of ether oxygens (including phenoxy) is 1. The highest BCUT2D eigenvalue weighted by molar-refractivity contribution is 6.38. The maximum atomic E-state index is 12.1. The van der Waals surface area contributed by atoms with Crippen LogP contribution in [0.25, 0.3) is 0 Å². The first-order valence-corrected chi connectivity index (χ1v) is 9.85. The number of phenols is 2. The van der Waals surface area contributed by atoms with Crippen LogP contribution >= 0.6 is 11.6 Å². The molecule has 0 heterocycles. The highest BCUT2D eigenvalue weighted by atomic mass is 35.5. The minimum Gasteiger partial charge on any atom is -0.505 e. The molecule has 1 aliphatic carbocycles. The molecule has 0 spiro atoms. The van der Waals surface area contributed by atoms with Gasteiger partial charge in [0.05, 0.1) is 17.7 Å². The van der Waals surface area contributed by atoms with Gasteiger partial charge in [-0.05, 0) is 42.8 Å². The van der Waals surface area contributed by atoms with Crippen LogP contribution in [0.2, 0.25) is 5.02 Å². The van der Waals surface area contributed by atoms with E-state index < -0.39 is 23.1 Å². The van der Waals surface area contributed by atoms with Gasteiger partial charge in [-0.3, -0.25) is 9.59 Å². The SMILES string of the molecule is CCCCCCOc1ccc(Nc2c(O)c3c(c(O)c2Cl)C(=O)C=CC3=O)cc1. The summed E-state index contributed by atoms with van der Waals surface area (Å²) in [6.45, 7) is 2.80. The number of aromatic hydroxyl groups is 2. The largest absolute Gasteiger partial charge is 0.505 e. The Morgan fingerprint density at radius 3 is 2.17 bits per heavy atom. The molecular formula is C22H22ClNO5. The van der Waals surface area contributed by atoms with Gasteiger partial charge in [-0.1, -0.05) is 37.8 Å². The lowest BCUT2D eigenvalue weighted by atomic mass is 9.92. The predicted octanol–water partition coefficient (Wildman–Crippen LogP) is 5.39. The average Bonchev–Trinajstić information content (AvgIpc) is 2.72. The number of nitrogens with one attached hydrogen (secondary N) is 1. The van der Waals surface area contributed by atoms with Crippen molar-refractivity contribution in [3.05, 3.63) is 52.6 Å². The number of allylic oxidation sites excluding steroid dienone is 2. The Kier molecular flexibility index (Phi) is 6.44. The summed E-state index contributed by atoms with van der Waals surface area (Å²) < 4.78 is 5.69. The van der Waals surface area contributed by atoms with Crippen molar-refractivity contribution in [2.75, 3.05) is 11.9 Å². The fourth-order valence-corrected chi connectivity index (χ4v) is 3.33. The fraction of sp³-hybridized carbons (Fsp3) is 0.273. The minimum absolute atomic E-state index is 0.0485. The van der Waals surface area contributed by atoms with Crippen LogP contribution in [0.1, 0.15) is 53.3 Å². The summed E-state index contributed by atoms with van der Waals surface area (Å²) in [6, 6.07) is 6.98. The predicted molar refractivity (Wildman–Crippen MR) is 112 cm³/mol. The summed E-state index contributed by atoms with van der Waals surface area (Å²) in [4.78, 5) is 24.1. The average molecular weight is 416 g/mol. The number of anilines is 2. The van der Waals surface area contributed by atoms with Crippen molar-refractivity contribution in [1.82, 2.24) is 0 Å². The summed E-state index contributed by atoms with van der Waals surface area (Å²) >= 11 is 6.15. The van der Waals surface area contributed by atoms with E-state index >= 15 is 0 Å². The van der Waals surface area contributed by atoms with Crippen LogP contribution < -0.4 is 10.1 Å². The van der Waals surface area contributed by atoms with Crippen molar-refractivity contribution in [1.29, 1.82) is 0 Å². The number of benzene rings is 2. The lowest BCUT2D eigenvalue weighted by Gasteiger charge is -2.19. The molecular weight excluding hydrogens is 394 g/mol. The maximum absolute atomic E-state index is 12.1. The summed E-state index contributed by atoms with van der Waals surface area (Å²) in [5.74, 6) is -1.50. The number of ketones is 2. The second-order valence-corrected chi connectivity index (χ2v) is 7.13. The Morgan fingerprint density at radius 1 is 0.931 bits per heavy atom. The summed E-state index contributed by atoms with van der Waals surface area (Å²) in [6.07, 6.45) is 6.57. The van der Waals surface area contributed by atoms with Crippen molar-refractivity contribution >= 4 is 34.5 Å². The van der Waals surface area contributed by atoms with Gasteiger partial charge in [0.15, 0.2) is 17.3 Å². The molecule has 0 saturated heterocycles. The molecule has 0 radical (unpaired) electrons. The number of hydrogen-bond acceptors (Lipinski definition) is 6. The molecule has 29 heavy (non-hydrogen) atoms. The van der Waals surface area contributed by atoms with E-state index in [0.717, 1.165) is 25.0 Å². The molecule has 0 atom stereocenters. The van der Waals surface area contributed by atoms with Gasteiger partial charge in [-0.15, -0.1) is 0 Å². The van der Waals surface area contributed by atoms with E-state index in [1.165, 1.54) is 12.8 Å². The van der Waals surface area contributed by atoms with Gasteiger partial charge in [-0.2, -0.15) is 0 Å². The maximum Gasteiger partial charge on any atom is 0.190 e. The van der Waals surface area contributed by atoms with E-state index in [2.05, 4.69) is 12.2 Å². The normalized spacial score (nSPS) is 12.8. The standard InChI is InChI=1S/C22H22ClNO5/c1-2-3-4-5-12-29-14-8-6-13(7-9-14)24-20-19(23)21(27)17-15(25)10-11-16(26)18(17)22(20)28/h6-11,24,27-28H,2-5,12H2,1H3. The third-order valence-electron chi connectivity index (χ3n) is 4.66. The highest BCUT2D eigenvalue weighted by Crippen LogP contribution is 2.47. The number of carbonyl (C=O) groups is 2. The Hall–Kier alpha value is -2.99. The van der Waals surface area contributed by atoms with Crippen molar-refractivity contribution < 1.29 is 24.5 Å². The zero-order valence-corrected chi connectivity index (χ0v) is 16.8. The van der Waals surface area contributed by atoms with Crippen LogP contribution in [-0.4, -0.2) is 28.4 Å². The van der Waals surface area contributed by atoms with Crippen LogP contribution in [0, 0.1) is 0 Å². The Balaban J connectivity index is 1.79. The van der Waals surface area contributed by atoms with Gasteiger partial charge in [0.2, 0.25) is 0 Å². The summed E-state index contributed by atoms with van der Waals surface area (Å²) in [5.41, 5.74) is -0.0519.